The second-order valence-electron chi connectivity index (χ2n) is 3.95. The fourth-order valence-corrected chi connectivity index (χ4v) is 2.48. The third-order valence-corrected chi connectivity index (χ3v) is 3.96. The molecule has 100 valence electrons. The predicted molar refractivity (Wildman–Crippen MR) is 77.4 cm³/mol. The molecule has 2 aromatic rings. The van der Waals surface area contributed by atoms with Crippen molar-refractivity contribution in [1.29, 1.82) is 0 Å². The molecule has 4 nitrogen and oxygen atoms in total. The first kappa shape index (κ1) is 14.0. The van der Waals surface area contributed by atoms with Gasteiger partial charge in [0.25, 0.3) is 5.91 Å². The number of aliphatic hydroxyl groups excluding tert-OH is 1. The van der Waals surface area contributed by atoms with Crippen molar-refractivity contribution in [2.45, 2.75) is 6.10 Å². The maximum atomic E-state index is 11.8. The van der Waals surface area contributed by atoms with E-state index in [0.717, 1.165) is 5.56 Å². The minimum absolute atomic E-state index is 0.00559. The van der Waals surface area contributed by atoms with Crippen LogP contribution < -0.4 is 5.32 Å². The van der Waals surface area contributed by atoms with Gasteiger partial charge in [0.1, 0.15) is 5.75 Å². The highest BCUT2D eigenvalue weighted by atomic mass is 79.9. The molecular formula is C13H12BrNO3S. The lowest BCUT2D eigenvalue weighted by molar-refractivity contribution is 0.0916. The highest BCUT2D eigenvalue weighted by Crippen LogP contribution is 2.24. The van der Waals surface area contributed by atoms with E-state index in [9.17, 15) is 15.0 Å². The van der Waals surface area contributed by atoms with E-state index in [-0.39, 0.29) is 18.2 Å². The number of rotatable bonds is 4. The molecule has 6 heteroatoms. The number of carbonyl (C=O) groups is 1. The van der Waals surface area contributed by atoms with Crippen molar-refractivity contribution in [1.82, 2.24) is 5.32 Å². The fourth-order valence-electron chi connectivity index (χ4n) is 1.53. The molecular weight excluding hydrogens is 330 g/mol. The molecule has 1 atom stereocenters. The normalized spacial score (nSPS) is 12.1. The van der Waals surface area contributed by atoms with Crippen molar-refractivity contribution in [3.8, 4) is 5.75 Å². The van der Waals surface area contributed by atoms with Crippen molar-refractivity contribution in [3.63, 3.8) is 0 Å². The van der Waals surface area contributed by atoms with Gasteiger partial charge in [-0.15, -0.1) is 0 Å². The van der Waals surface area contributed by atoms with Crippen molar-refractivity contribution < 1.29 is 15.0 Å². The second kappa shape index (κ2) is 6.18. The molecule has 1 aromatic carbocycles. The number of hydrogen-bond acceptors (Lipinski definition) is 4. The molecule has 1 amide bonds. The van der Waals surface area contributed by atoms with Gasteiger partial charge in [-0.05, 0) is 56.5 Å². The summed E-state index contributed by atoms with van der Waals surface area (Å²) in [5.41, 5.74) is 1.13. The van der Waals surface area contributed by atoms with Crippen LogP contribution in [0.4, 0.5) is 0 Å². The van der Waals surface area contributed by atoms with Crippen LogP contribution >= 0.6 is 27.3 Å². The summed E-state index contributed by atoms with van der Waals surface area (Å²) in [5.74, 6) is -0.330. The van der Waals surface area contributed by atoms with Gasteiger partial charge in [-0.25, -0.2) is 0 Å². The Morgan fingerprint density at radius 3 is 2.84 bits per heavy atom. The van der Waals surface area contributed by atoms with Gasteiger partial charge >= 0.3 is 0 Å². The predicted octanol–water partition coefficient (Wildman–Crippen LogP) is 2.68. The zero-order chi connectivity index (χ0) is 13.8. The number of aromatic hydroxyl groups is 1. The second-order valence-corrected chi connectivity index (χ2v) is 5.58. The topological polar surface area (TPSA) is 69.6 Å². The van der Waals surface area contributed by atoms with E-state index in [2.05, 4.69) is 21.2 Å². The Morgan fingerprint density at radius 2 is 2.21 bits per heavy atom. The summed E-state index contributed by atoms with van der Waals surface area (Å²) in [6.45, 7) is 0.131. The van der Waals surface area contributed by atoms with Crippen LogP contribution in [0, 0.1) is 0 Å². The van der Waals surface area contributed by atoms with Gasteiger partial charge in [0.15, 0.2) is 0 Å². The number of phenols is 1. The third kappa shape index (κ3) is 3.56. The van der Waals surface area contributed by atoms with Crippen LogP contribution in [0.1, 0.15) is 22.0 Å². The molecule has 1 aromatic heterocycles. The van der Waals surface area contributed by atoms with E-state index in [4.69, 9.17) is 0 Å². The molecule has 0 saturated carbocycles. The standard InChI is InChI=1S/C13H12BrNO3S/c14-10-2-1-8(5-11(10)16)13(18)15-6-12(17)9-3-4-19-7-9/h1-5,7,12,16-17H,6H2,(H,15,18). The van der Waals surface area contributed by atoms with E-state index in [1.54, 1.807) is 12.1 Å². The molecule has 1 heterocycles. The minimum Gasteiger partial charge on any atom is -0.507 e. The van der Waals surface area contributed by atoms with Gasteiger partial charge in [-0.1, -0.05) is 0 Å². The average molecular weight is 342 g/mol. The Kier molecular flexibility index (Phi) is 4.57. The summed E-state index contributed by atoms with van der Waals surface area (Å²) in [6.07, 6.45) is -0.723. The van der Waals surface area contributed by atoms with Crippen molar-refractivity contribution in [3.05, 3.63) is 50.6 Å². The third-order valence-electron chi connectivity index (χ3n) is 2.59. The highest BCUT2D eigenvalue weighted by molar-refractivity contribution is 9.10. The van der Waals surface area contributed by atoms with Crippen LogP contribution in [0.2, 0.25) is 0 Å². The number of amides is 1. The molecule has 0 aliphatic rings. The number of thiophene rings is 1. The number of aliphatic hydroxyl groups is 1. The summed E-state index contributed by atoms with van der Waals surface area (Å²) in [7, 11) is 0. The SMILES string of the molecule is O=C(NCC(O)c1ccsc1)c1ccc(Br)c(O)c1. The molecule has 0 aliphatic carbocycles. The van der Waals surface area contributed by atoms with Crippen molar-refractivity contribution in [2.75, 3.05) is 6.54 Å². The van der Waals surface area contributed by atoms with E-state index in [1.807, 2.05) is 16.8 Å². The number of halogens is 1. The van der Waals surface area contributed by atoms with Gasteiger partial charge in [0.05, 0.1) is 10.6 Å². The zero-order valence-electron chi connectivity index (χ0n) is 9.84. The number of benzene rings is 1. The highest BCUT2D eigenvalue weighted by Gasteiger charge is 2.12. The van der Waals surface area contributed by atoms with Gasteiger partial charge in [0.2, 0.25) is 0 Å². The van der Waals surface area contributed by atoms with Crippen molar-refractivity contribution in [2.24, 2.45) is 0 Å². The van der Waals surface area contributed by atoms with Crippen LogP contribution in [-0.4, -0.2) is 22.7 Å². The molecule has 0 spiro atoms. The summed E-state index contributed by atoms with van der Waals surface area (Å²) >= 11 is 4.64. The molecule has 0 aliphatic heterocycles. The van der Waals surface area contributed by atoms with E-state index in [1.165, 1.54) is 17.4 Å². The molecule has 2 rings (SSSR count). The molecule has 3 N–H and O–H groups in total. The molecule has 1 unspecified atom stereocenters. The number of hydrogen-bond donors (Lipinski definition) is 3. The Morgan fingerprint density at radius 1 is 1.42 bits per heavy atom. The van der Waals surface area contributed by atoms with Gasteiger partial charge < -0.3 is 15.5 Å². The summed E-state index contributed by atoms with van der Waals surface area (Å²) in [5, 5.41) is 25.7. The molecule has 19 heavy (non-hydrogen) atoms. The van der Waals surface area contributed by atoms with Crippen molar-refractivity contribution >= 4 is 33.2 Å². The van der Waals surface area contributed by atoms with Crippen LogP contribution in [0.3, 0.4) is 0 Å². The first-order valence-corrected chi connectivity index (χ1v) is 7.28. The Hall–Kier alpha value is -1.37. The molecule has 0 saturated heterocycles. The minimum atomic E-state index is -0.723. The van der Waals surface area contributed by atoms with Gasteiger partial charge in [-0.2, -0.15) is 11.3 Å². The van der Waals surface area contributed by atoms with E-state index < -0.39 is 6.10 Å². The summed E-state index contributed by atoms with van der Waals surface area (Å²) in [6, 6.07) is 6.37. The van der Waals surface area contributed by atoms with Crippen LogP contribution in [-0.2, 0) is 0 Å². The number of phenolic OH excluding ortho intramolecular Hbond substituents is 1. The Bertz CT molecular complexity index is 571. The molecule has 0 radical (unpaired) electrons. The molecule has 0 bridgehead atoms. The number of nitrogens with one attached hydrogen (secondary N) is 1. The zero-order valence-corrected chi connectivity index (χ0v) is 12.2. The Labute approximate surface area is 122 Å². The summed E-state index contributed by atoms with van der Waals surface area (Å²) in [4.78, 5) is 11.8. The maximum Gasteiger partial charge on any atom is 0.251 e. The van der Waals surface area contributed by atoms with Gasteiger partial charge in [-0.3, -0.25) is 4.79 Å². The van der Waals surface area contributed by atoms with E-state index >= 15 is 0 Å². The van der Waals surface area contributed by atoms with E-state index in [0.29, 0.717) is 10.0 Å². The van der Waals surface area contributed by atoms with Crippen LogP contribution in [0.25, 0.3) is 0 Å². The van der Waals surface area contributed by atoms with Gasteiger partial charge in [0, 0.05) is 12.1 Å². The molecule has 0 fully saturated rings. The van der Waals surface area contributed by atoms with Crippen LogP contribution in [0.5, 0.6) is 5.75 Å². The lowest BCUT2D eigenvalue weighted by Crippen LogP contribution is -2.28. The lowest BCUT2D eigenvalue weighted by Gasteiger charge is -2.11. The average Bonchev–Trinajstić information content (AvgIpc) is 2.92. The first-order valence-electron chi connectivity index (χ1n) is 5.55. The largest absolute Gasteiger partial charge is 0.507 e. The monoisotopic (exact) mass is 341 g/mol. The lowest BCUT2D eigenvalue weighted by atomic mass is 10.1. The Balaban J connectivity index is 1.96. The maximum absolute atomic E-state index is 11.8. The summed E-state index contributed by atoms with van der Waals surface area (Å²) < 4.78 is 0.530. The number of carbonyl (C=O) groups excluding carboxylic acids is 1. The van der Waals surface area contributed by atoms with Crippen LogP contribution in [0.15, 0.2) is 39.5 Å². The fraction of sp³-hybridized carbons (Fsp3) is 0.154. The first-order chi connectivity index (χ1) is 9.08. The smallest absolute Gasteiger partial charge is 0.251 e. The quantitative estimate of drug-likeness (QED) is 0.800.